The van der Waals surface area contributed by atoms with Gasteiger partial charge < -0.3 is 9.88 Å². The molecule has 8 heteroatoms. The number of nitrogens with zero attached hydrogens (tertiary/aromatic N) is 4. The van der Waals surface area contributed by atoms with Crippen LogP contribution in [0, 0.1) is 11.8 Å². The van der Waals surface area contributed by atoms with E-state index in [0.29, 0.717) is 5.82 Å². The van der Waals surface area contributed by atoms with E-state index in [1.165, 1.54) is 0 Å². The average molecular weight is 293 g/mol. The first-order valence-electron chi connectivity index (χ1n) is 6.60. The van der Waals surface area contributed by atoms with Crippen molar-refractivity contribution in [1.29, 1.82) is 0 Å². The third kappa shape index (κ3) is 2.37. The highest BCUT2D eigenvalue weighted by atomic mass is 19.2. The summed E-state index contributed by atoms with van der Waals surface area (Å²) >= 11 is 0. The van der Waals surface area contributed by atoms with Crippen LogP contribution in [0.5, 0.6) is 0 Å². The lowest BCUT2D eigenvalue weighted by atomic mass is 10.2. The fourth-order valence-electron chi connectivity index (χ4n) is 2.43. The first-order valence-corrected chi connectivity index (χ1v) is 6.60. The minimum atomic E-state index is -1.29. The van der Waals surface area contributed by atoms with Gasteiger partial charge >= 0.3 is 0 Å². The number of aromatic nitrogens is 4. The van der Waals surface area contributed by atoms with Crippen molar-refractivity contribution in [2.45, 2.75) is 32.4 Å². The van der Waals surface area contributed by atoms with E-state index in [1.54, 1.807) is 6.92 Å². The largest absolute Gasteiger partial charge is 0.342 e. The number of fused-ring (bicyclic) bond motifs is 1. The lowest BCUT2D eigenvalue weighted by molar-refractivity contribution is 0.0932. The van der Waals surface area contributed by atoms with Crippen LogP contribution >= 0.6 is 0 Å². The highest BCUT2D eigenvalue weighted by Gasteiger charge is 2.24. The van der Waals surface area contributed by atoms with Crippen LogP contribution in [-0.2, 0) is 13.0 Å². The number of halogens is 2. The molecule has 0 radical (unpaired) electrons. The number of hydrogen-bond donors (Lipinski definition) is 1. The van der Waals surface area contributed by atoms with Gasteiger partial charge in [0.15, 0.2) is 11.6 Å². The normalized spacial score (nSPS) is 14.8. The smallest absolute Gasteiger partial charge is 0.255 e. The van der Waals surface area contributed by atoms with Crippen molar-refractivity contribution >= 4 is 5.91 Å². The van der Waals surface area contributed by atoms with Gasteiger partial charge in [-0.1, -0.05) is 0 Å². The maximum atomic E-state index is 13.5. The number of carbonyl (C=O) groups excluding carboxylic acids is 1. The first kappa shape index (κ1) is 13.6. The molecule has 0 saturated carbocycles. The quantitative estimate of drug-likeness (QED) is 0.868. The summed E-state index contributed by atoms with van der Waals surface area (Å²) in [5, 5.41) is 10.7. The molecule has 0 aromatic carbocycles. The monoisotopic (exact) mass is 293 g/mol. The number of amides is 1. The van der Waals surface area contributed by atoms with E-state index >= 15 is 0 Å². The lowest BCUT2D eigenvalue weighted by Crippen LogP contribution is -2.29. The lowest BCUT2D eigenvalue weighted by Gasteiger charge is -2.14. The van der Waals surface area contributed by atoms with Crippen LogP contribution in [0.15, 0.2) is 12.3 Å². The van der Waals surface area contributed by atoms with Gasteiger partial charge in [0.2, 0.25) is 5.95 Å². The van der Waals surface area contributed by atoms with E-state index in [4.69, 9.17) is 0 Å². The summed E-state index contributed by atoms with van der Waals surface area (Å²) < 4.78 is 28.5. The molecular weight excluding hydrogens is 280 g/mol. The van der Waals surface area contributed by atoms with Gasteiger partial charge in [0.25, 0.3) is 5.91 Å². The fourth-order valence-corrected chi connectivity index (χ4v) is 2.43. The number of rotatable bonds is 3. The summed E-state index contributed by atoms with van der Waals surface area (Å²) in [5.74, 6) is -1.76. The van der Waals surface area contributed by atoms with Crippen molar-refractivity contribution in [2.75, 3.05) is 0 Å². The zero-order chi connectivity index (χ0) is 15.0. The minimum Gasteiger partial charge on any atom is -0.342 e. The van der Waals surface area contributed by atoms with Crippen LogP contribution in [0.1, 0.15) is 41.4 Å². The Hall–Kier alpha value is -2.38. The van der Waals surface area contributed by atoms with E-state index in [-0.39, 0.29) is 5.56 Å². The standard InChI is InChI=1S/C13H13F2N5O/c1-7(12-19-18-9-3-2-6-20(9)12)17-13(21)8-4-5-16-11(15)10(8)14/h4-5,7H,2-3,6H2,1H3,(H,17,21). The molecule has 1 atom stereocenters. The molecule has 6 nitrogen and oxygen atoms in total. The summed E-state index contributed by atoms with van der Waals surface area (Å²) in [6, 6.07) is 0.682. The number of carbonyl (C=O) groups is 1. The third-order valence-corrected chi connectivity index (χ3v) is 3.46. The molecular formula is C13H13F2N5O. The van der Waals surface area contributed by atoms with Crippen LogP contribution in [-0.4, -0.2) is 25.7 Å². The number of hydrogen-bond acceptors (Lipinski definition) is 4. The summed E-state index contributed by atoms with van der Waals surface area (Å²) in [5.41, 5.74) is -0.379. The second-order valence-electron chi connectivity index (χ2n) is 4.89. The van der Waals surface area contributed by atoms with Gasteiger partial charge in [0, 0.05) is 19.2 Å². The van der Waals surface area contributed by atoms with Crippen LogP contribution in [0.2, 0.25) is 0 Å². The molecule has 0 bridgehead atoms. The predicted molar refractivity (Wildman–Crippen MR) is 68.4 cm³/mol. The highest BCUT2D eigenvalue weighted by Crippen LogP contribution is 2.19. The minimum absolute atomic E-state index is 0.379. The van der Waals surface area contributed by atoms with Crippen molar-refractivity contribution in [1.82, 2.24) is 25.1 Å². The molecule has 0 saturated heterocycles. The third-order valence-electron chi connectivity index (χ3n) is 3.46. The van der Waals surface area contributed by atoms with Crippen molar-refractivity contribution in [3.05, 3.63) is 41.2 Å². The van der Waals surface area contributed by atoms with Crippen molar-refractivity contribution < 1.29 is 13.6 Å². The summed E-state index contributed by atoms with van der Waals surface area (Å²) in [6.07, 6.45) is 2.90. The molecule has 3 rings (SSSR count). The number of nitrogens with one attached hydrogen (secondary N) is 1. The van der Waals surface area contributed by atoms with E-state index in [9.17, 15) is 13.6 Å². The maximum absolute atomic E-state index is 13.5. The maximum Gasteiger partial charge on any atom is 0.255 e. The van der Waals surface area contributed by atoms with Crippen LogP contribution in [0.3, 0.4) is 0 Å². The summed E-state index contributed by atoms with van der Waals surface area (Å²) in [6.45, 7) is 2.53. The molecule has 110 valence electrons. The predicted octanol–water partition coefficient (Wildman–Crippen LogP) is 1.39. The zero-order valence-electron chi connectivity index (χ0n) is 11.3. The Balaban J connectivity index is 1.79. The second kappa shape index (κ2) is 5.19. The van der Waals surface area contributed by atoms with Crippen LogP contribution < -0.4 is 5.32 Å². The Kier molecular flexibility index (Phi) is 3.36. The second-order valence-corrected chi connectivity index (χ2v) is 4.89. The van der Waals surface area contributed by atoms with Gasteiger partial charge in [-0.2, -0.15) is 4.39 Å². The van der Waals surface area contributed by atoms with E-state index in [2.05, 4.69) is 20.5 Å². The molecule has 1 N–H and O–H groups in total. The molecule has 0 aliphatic carbocycles. The fraction of sp³-hybridized carbons (Fsp3) is 0.385. The zero-order valence-corrected chi connectivity index (χ0v) is 11.3. The summed E-state index contributed by atoms with van der Waals surface area (Å²) in [7, 11) is 0. The van der Waals surface area contributed by atoms with E-state index < -0.39 is 23.7 Å². The van der Waals surface area contributed by atoms with E-state index in [1.807, 2.05) is 4.57 Å². The Morgan fingerprint density at radius 1 is 1.43 bits per heavy atom. The molecule has 2 aromatic heterocycles. The van der Waals surface area contributed by atoms with Gasteiger partial charge in [-0.3, -0.25) is 4.79 Å². The Labute approximate surface area is 119 Å². The van der Waals surface area contributed by atoms with Gasteiger partial charge in [0.05, 0.1) is 11.6 Å². The van der Waals surface area contributed by atoms with E-state index in [0.717, 1.165) is 37.5 Å². The van der Waals surface area contributed by atoms with Crippen LogP contribution in [0.4, 0.5) is 8.78 Å². The van der Waals surface area contributed by atoms with Crippen molar-refractivity contribution in [3.8, 4) is 0 Å². The Morgan fingerprint density at radius 3 is 3.05 bits per heavy atom. The molecule has 1 unspecified atom stereocenters. The molecule has 0 fully saturated rings. The molecule has 1 aliphatic rings. The van der Waals surface area contributed by atoms with Gasteiger partial charge in [0.1, 0.15) is 5.82 Å². The Morgan fingerprint density at radius 2 is 2.24 bits per heavy atom. The molecule has 21 heavy (non-hydrogen) atoms. The van der Waals surface area contributed by atoms with Gasteiger partial charge in [-0.05, 0) is 19.4 Å². The van der Waals surface area contributed by atoms with Crippen LogP contribution in [0.25, 0.3) is 0 Å². The molecule has 0 spiro atoms. The molecule has 2 aromatic rings. The van der Waals surface area contributed by atoms with Gasteiger partial charge in [-0.25, -0.2) is 9.37 Å². The highest BCUT2D eigenvalue weighted by molar-refractivity contribution is 5.94. The molecule has 1 aliphatic heterocycles. The van der Waals surface area contributed by atoms with Crippen molar-refractivity contribution in [3.63, 3.8) is 0 Å². The first-order chi connectivity index (χ1) is 10.1. The molecule has 1 amide bonds. The SMILES string of the molecule is CC(NC(=O)c1ccnc(F)c1F)c1nnc2n1CCC2. The molecule has 3 heterocycles. The average Bonchev–Trinajstić information content (AvgIpc) is 3.03. The summed E-state index contributed by atoms with van der Waals surface area (Å²) in [4.78, 5) is 15.2. The number of aryl methyl sites for hydroxylation is 1. The Bertz CT molecular complexity index is 700. The number of pyridine rings is 1. The topological polar surface area (TPSA) is 72.7 Å². The van der Waals surface area contributed by atoms with Crippen molar-refractivity contribution in [2.24, 2.45) is 0 Å². The van der Waals surface area contributed by atoms with Gasteiger partial charge in [-0.15, -0.1) is 10.2 Å².